The van der Waals surface area contributed by atoms with E-state index in [2.05, 4.69) is 53.8 Å². The summed E-state index contributed by atoms with van der Waals surface area (Å²) >= 11 is 1.99. The van der Waals surface area contributed by atoms with Gasteiger partial charge in [0.1, 0.15) is 0 Å². The third-order valence-corrected chi connectivity index (χ3v) is 5.15. The zero-order chi connectivity index (χ0) is 14.5. The second-order valence-electron chi connectivity index (χ2n) is 5.33. The Labute approximate surface area is 130 Å². The molecule has 1 unspecified atom stereocenters. The maximum Gasteiger partial charge on any atom is 0.0503 e. The van der Waals surface area contributed by atoms with E-state index in [0.29, 0.717) is 5.25 Å². The van der Waals surface area contributed by atoms with Gasteiger partial charge in [-0.15, -0.1) is 11.8 Å². The van der Waals surface area contributed by atoms with Crippen molar-refractivity contribution in [2.75, 3.05) is 25.6 Å². The molecule has 2 nitrogen and oxygen atoms in total. The fourth-order valence-corrected chi connectivity index (χ4v) is 3.96. The minimum Gasteiger partial charge on any atom is -0.384 e. The zero-order valence-electron chi connectivity index (χ0n) is 12.3. The third kappa shape index (κ3) is 3.60. The molecule has 3 heteroatoms. The number of nitrogens with one attached hydrogen (secondary N) is 1. The number of anilines is 1. The van der Waals surface area contributed by atoms with E-state index in [-0.39, 0.29) is 0 Å². The van der Waals surface area contributed by atoms with Gasteiger partial charge in [-0.3, -0.25) is 0 Å². The number of fused-ring (bicyclic) bond motifs is 1. The Kier molecular flexibility index (Phi) is 4.84. The average molecular weight is 299 g/mol. The van der Waals surface area contributed by atoms with Crippen molar-refractivity contribution in [1.29, 1.82) is 0 Å². The molecular formula is C18H21NOS. The van der Waals surface area contributed by atoms with E-state index >= 15 is 0 Å². The molecule has 0 aromatic heterocycles. The Bertz CT molecular complexity index is 574. The van der Waals surface area contributed by atoms with Crippen molar-refractivity contribution in [1.82, 2.24) is 0 Å². The van der Waals surface area contributed by atoms with E-state index < -0.39 is 0 Å². The lowest BCUT2D eigenvalue weighted by Gasteiger charge is -2.15. The number of rotatable bonds is 6. The van der Waals surface area contributed by atoms with Gasteiger partial charge < -0.3 is 10.1 Å². The molecule has 1 aliphatic rings. The second kappa shape index (κ2) is 7.01. The minimum absolute atomic E-state index is 0.623. The Balaban J connectivity index is 1.59. The number of ether oxygens (including phenoxy) is 1. The summed E-state index contributed by atoms with van der Waals surface area (Å²) in [5.41, 5.74) is 4.06. The largest absolute Gasteiger partial charge is 0.384 e. The van der Waals surface area contributed by atoms with Crippen LogP contribution in [0.1, 0.15) is 11.1 Å². The Morgan fingerprint density at radius 2 is 1.95 bits per heavy atom. The zero-order valence-corrected chi connectivity index (χ0v) is 13.2. The molecule has 1 aliphatic heterocycles. The Morgan fingerprint density at radius 1 is 1.14 bits per heavy atom. The summed E-state index contributed by atoms with van der Waals surface area (Å²) in [6.07, 6.45) is 2.12. The molecular weight excluding hydrogens is 278 g/mol. The van der Waals surface area contributed by atoms with Gasteiger partial charge in [0.15, 0.2) is 0 Å². The quantitative estimate of drug-likeness (QED) is 0.871. The van der Waals surface area contributed by atoms with E-state index in [0.717, 1.165) is 26.0 Å². The highest BCUT2D eigenvalue weighted by Crippen LogP contribution is 2.36. The van der Waals surface area contributed by atoms with Gasteiger partial charge in [0.05, 0.1) is 6.61 Å². The van der Waals surface area contributed by atoms with Crippen molar-refractivity contribution in [2.24, 2.45) is 0 Å². The third-order valence-electron chi connectivity index (χ3n) is 3.83. The fourth-order valence-electron chi connectivity index (χ4n) is 2.71. The van der Waals surface area contributed by atoms with Crippen LogP contribution in [0.25, 0.3) is 0 Å². The molecule has 2 aromatic rings. The molecule has 0 aliphatic carbocycles. The minimum atomic E-state index is 0.623. The fraction of sp³-hybridized carbons (Fsp3) is 0.333. The highest BCUT2D eigenvalue weighted by molar-refractivity contribution is 8.00. The van der Waals surface area contributed by atoms with Crippen LogP contribution in [0.3, 0.4) is 0 Å². The monoisotopic (exact) mass is 299 g/mol. The second-order valence-corrected chi connectivity index (χ2v) is 6.67. The van der Waals surface area contributed by atoms with Crippen LogP contribution in [0.5, 0.6) is 0 Å². The maximum absolute atomic E-state index is 5.19. The Hall–Kier alpha value is -1.45. The summed E-state index contributed by atoms with van der Waals surface area (Å²) in [5.74, 6) is 0. The van der Waals surface area contributed by atoms with Crippen LogP contribution < -0.4 is 5.32 Å². The Morgan fingerprint density at radius 3 is 2.81 bits per heavy atom. The summed E-state index contributed by atoms with van der Waals surface area (Å²) in [5, 5.41) is 4.25. The van der Waals surface area contributed by atoms with Crippen molar-refractivity contribution < 1.29 is 4.74 Å². The van der Waals surface area contributed by atoms with Crippen LogP contribution in [0.15, 0.2) is 53.4 Å². The van der Waals surface area contributed by atoms with Gasteiger partial charge in [0, 0.05) is 29.5 Å². The van der Waals surface area contributed by atoms with E-state index in [4.69, 9.17) is 4.74 Å². The molecule has 0 fully saturated rings. The summed E-state index contributed by atoms with van der Waals surface area (Å²) in [6, 6.07) is 17.3. The normalized spacial score (nSPS) is 16.7. The van der Waals surface area contributed by atoms with Crippen molar-refractivity contribution in [3.63, 3.8) is 0 Å². The lowest BCUT2D eigenvalue weighted by molar-refractivity contribution is 0.202. The number of para-hydroxylation sites is 1. The van der Waals surface area contributed by atoms with Gasteiger partial charge >= 0.3 is 0 Å². The van der Waals surface area contributed by atoms with Crippen LogP contribution in [0.2, 0.25) is 0 Å². The first-order chi connectivity index (χ1) is 10.4. The molecule has 0 saturated carbocycles. The van der Waals surface area contributed by atoms with Gasteiger partial charge in [0.25, 0.3) is 0 Å². The predicted octanol–water partition coefficient (Wildman–Crippen LogP) is 4.00. The molecule has 0 amide bonds. The molecule has 3 rings (SSSR count). The topological polar surface area (TPSA) is 21.3 Å². The molecule has 1 N–H and O–H groups in total. The molecule has 1 heterocycles. The number of hydrogen-bond donors (Lipinski definition) is 1. The summed E-state index contributed by atoms with van der Waals surface area (Å²) in [7, 11) is 1.75. The number of thioether (sulfide) groups is 1. The van der Waals surface area contributed by atoms with E-state index in [9.17, 15) is 0 Å². The molecule has 21 heavy (non-hydrogen) atoms. The van der Waals surface area contributed by atoms with Gasteiger partial charge in [0.2, 0.25) is 0 Å². The molecule has 0 bridgehead atoms. The van der Waals surface area contributed by atoms with E-state index in [1.54, 1.807) is 7.11 Å². The molecule has 0 saturated heterocycles. The van der Waals surface area contributed by atoms with Crippen LogP contribution in [0.4, 0.5) is 5.69 Å². The predicted molar refractivity (Wildman–Crippen MR) is 90.3 cm³/mol. The standard InChI is InChI=1S/C18H21NOS/c1-20-11-10-14-6-2-4-8-17(14)19-13-16-12-15-7-3-5-9-18(15)21-16/h2-9,16,19H,10-13H2,1H3. The first-order valence-electron chi connectivity index (χ1n) is 7.42. The summed E-state index contributed by atoms with van der Waals surface area (Å²) in [6.45, 7) is 1.77. The highest BCUT2D eigenvalue weighted by atomic mass is 32.2. The van der Waals surface area contributed by atoms with Crippen LogP contribution in [0, 0.1) is 0 Å². The highest BCUT2D eigenvalue weighted by Gasteiger charge is 2.21. The molecule has 2 aromatic carbocycles. The maximum atomic E-state index is 5.19. The van der Waals surface area contributed by atoms with Crippen molar-refractivity contribution in [2.45, 2.75) is 23.0 Å². The molecule has 1 atom stereocenters. The van der Waals surface area contributed by atoms with E-state index in [1.807, 2.05) is 11.8 Å². The van der Waals surface area contributed by atoms with E-state index in [1.165, 1.54) is 21.7 Å². The van der Waals surface area contributed by atoms with Crippen LogP contribution in [-0.2, 0) is 17.6 Å². The number of hydrogen-bond acceptors (Lipinski definition) is 3. The van der Waals surface area contributed by atoms with Gasteiger partial charge in [-0.05, 0) is 36.1 Å². The SMILES string of the molecule is COCCc1ccccc1NCC1Cc2ccccc2S1. The molecule has 0 radical (unpaired) electrons. The van der Waals surface area contributed by atoms with Crippen LogP contribution in [-0.4, -0.2) is 25.5 Å². The van der Waals surface area contributed by atoms with Crippen LogP contribution >= 0.6 is 11.8 Å². The molecule has 110 valence electrons. The first-order valence-corrected chi connectivity index (χ1v) is 8.30. The summed E-state index contributed by atoms with van der Waals surface area (Å²) in [4.78, 5) is 1.44. The smallest absolute Gasteiger partial charge is 0.0503 e. The van der Waals surface area contributed by atoms with Crippen molar-refractivity contribution >= 4 is 17.4 Å². The lowest BCUT2D eigenvalue weighted by atomic mass is 10.1. The molecule has 0 spiro atoms. The summed E-state index contributed by atoms with van der Waals surface area (Å²) < 4.78 is 5.19. The average Bonchev–Trinajstić information content (AvgIpc) is 2.94. The van der Waals surface area contributed by atoms with Gasteiger partial charge in [-0.25, -0.2) is 0 Å². The lowest BCUT2D eigenvalue weighted by Crippen LogP contribution is -2.16. The number of benzene rings is 2. The van der Waals surface area contributed by atoms with Gasteiger partial charge in [-0.2, -0.15) is 0 Å². The van der Waals surface area contributed by atoms with Gasteiger partial charge in [-0.1, -0.05) is 36.4 Å². The number of methoxy groups -OCH3 is 1. The first kappa shape index (κ1) is 14.5. The van der Waals surface area contributed by atoms with Crippen molar-refractivity contribution in [3.05, 3.63) is 59.7 Å². The van der Waals surface area contributed by atoms with Crippen molar-refractivity contribution in [3.8, 4) is 0 Å².